The molecule has 0 radical (unpaired) electrons. The Morgan fingerprint density at radius 1 is 1.32 bits per heavy atom. The molecule has 1 amide bonds. The second-order valence-electron chi connectivity index (χ2n) is 5.71. The fraction of sp³-hybridized carbons (Fsp3) is 0.333. The number of aromatic amines is 1. The number of aryl methyl sites for hydroxylation is 1. The minimum atomic E-state index is -0.223. The predicted octanol–water partition coefficient (Wildman–Crippen LogP) is 2.20. The number of rotatable bonds is 7. The molecule has 2 heterocycles. The Morgan fingerprint density at radius 3 is 2.88 bits per heavy atom. The molecule has 0 saturated heterocycles. The van der Waals surface area contributed by atoms with Gasteiger partial charge in [0.2, 0.25) is 0 Å². The third-order valence-corrected chi connectivity index (χ3v) is 3.92. The Labute approximate surface area is 144 Å². The molecule has 0 aliphatic carbocycles. The molecule has 0 fully saturated rings. The number of benzene rings is 1. The number of nitrogens with zero attached hydrogens (tertiary/aromatic N) is 1. The second kappa shape index (κ2) is 7.40. The van der Waals surface area contributed by atoms with Gasteiger partial charge in [-0.25, -0.2) is 4.79 Å². The van der Waals surface area contributed by atoms with E-state index in [0.29, 0.717) is 43.1 Å². The first-order valence-electron chi connectivity index (χ1n) is 8.22. The number of hydrogen-bond acceptors (Lipinski definition) is 4. The molecule has 7 heteroatoms. The summed E-state index contributed by atoms with van der Waals surface area (Å²) in [5.41, 5.74) is 1.65. The van der Waals surface area contributed by atoms with Crippen molar-refractivity contribution in [3.8, 4) is 0 Å². The van der Waals surface area contributed by atoms with Crippen LogP contribution >= 0.6 is 0 Å². The Balaban J connectivity index is 1.74. The van der Waals surface area contributed by atoms with E-state index in [9.17, 15) is 9.59 Å². The molecule has 0 spiro atoms. The van der Waals surface area contributed by atoms with Crippen LogP contribution in [0, 0.1) is 6.92 Å². The smallest absolute Gasteiger partial charge is 0.326 e. The number of nitrogens with one attached hydrogen (secondary N) is 2. The zero-order valence-electron chi connectivity index (χ0n) is 14.3. The van der Waals surface area contributed by atoms with Crippen LogP contribution in [0.4, 0.5) is 0 Å². The van der Waals surface area contributed by atoms with Gasteiger partial charge in [-0.2, -0.15) is 0 Å². The van der Waals surface area contributed by atoms with E-state index in [1.165, 1.54) is 0 Å². The number of carbonyl (C=O) groups excluding carboxylic acids is 1. The minimum Gasteiger partial charge on any atom is -0.465 e. The van der Waals surface area contributed by atoms with Crippen molar-refractivity contribution in [1.29, 1.82) is 0 Å². The Hall–Kier alpha value is -2.80. The molecule has 3 aromatic rings. The Kier molecular flexibility index (Phi) is 5.04. The van der Waals surface area contributed by atoms with Crippen molar-refractivity contribution in [2.45, 2.75) is 26.9 Å². The molecule has 3 rings (SSSR count). The molecular weight excluding hydrogens is 322 g/mol. The van der Waals surface area contributed by atoms with Gasteiger partial charge in [0.1, 0.15) is 11.5 Å². The van der Waals surface area contributed by atoms with E-state index in [1.807, 2.05) is 26.0 Å². The van der Waals surface area contributed by atoms with Crippen molar-refractivity contribution in [3.05, 3.63) is 57.9 Å². The number of furan rings is 1. The molecule has 0 atom stereocenters. The standard InChI is InChI=1S/C18H21N3O4/c1-3-24-9-8-21-16-7-5-13(10-15(16)20-18(21)23)17(22)19-11-14-6-4-12(2)25-14/h4-7,10H,3,8-9,11H2,1-2H3,(H,19,22)(H,20,23). The summed E-state index contributed by atoms with van der Waals surface area (Å²) in [4.78, 5) is 27.1. The van der Waals surface area contributed by atoms with Gasteiger partial charge in [0.15, 0.2) is 0 Å². The van der Waals surface area contributed by atoms with Crippen LogP contribution in [0.3, 0.4) is 0 Å². The SMILES string of the molecule is CCOCCn1c(=O)[nH]c2cc(C(=O)NCc3ccc(C)o3)ccc21. The van der Waals surface area contributed by atoms with Gasteiger partial charge in [-0.3, -0.25) is 9.36 Å². The molecule has 0 unspecified atom stereocenters. The number of imidazole rings is 1. The number of hydrogen-bond donors (Lipinski definition) is 2. The van der Waals surface area contributed by atoms with E-state index >= 15 is 0 Å². The number of ether oxygens (including phenoxy) is 1. The molecule has 2 N–H and O–H groups in total. The first-order valence-corrected chi connectivity index (χ1v) is 8.22. The third-order valence-electron chi connectivity index (χ3n) is 3.92. The molecule has 0 aliphatic rings. The predicted molar refractivity (Wildman–Crippen MR) is 93.7 cm³/mol. The maximum absolute atomic E-state index is 12.3. The summed E-state index contributed by atoms with van der Waals surface area (Å²) in [7, 11) is 0. The van der Waals surface area contributed by atoms with Gasteiger partial charge >= 0.3 is 5.69 Å². The lowest BCUT2D eigenvalue weighted by Crippen LogP contribution is -2.22. The summed E-state index contributed by atoms with van der Waals surface area (Å²) in [6.07, 6.45) is 0. The number of amides is 1. The van der Waals surface area contributed by atoms with E-state index < -0.39 is 0 Å². The van der Waals surface area contributed by atoms with Crippen molar-refractivity contribution in [2.24, 2.45) is 0 Å². The first kappa shape index (κ1) is 17.0. The number of carbonyl (C=O) groups is 1. The maximum Gasteiger partial charge on any atom is 0.326 e. The summed E-state index contributed by atoms with van der Waals surface area (Å²) in [6.45, 7) is 5.62. The van der Waals surface area contributed by atoms with Crippen molar-refractivity contribution in [1.82, 2.24) is 14.9 Å². The monoisotopic (exact) mass is 343 g/mol. The van der Waals surface area contributed by atoms with Gasteiger partial charge in [-0.15, -0.1) is 0 Å². The second-order valence-corrected chi connectivity index (χ2v) is 5.71. The van der Waals surface area contributed by atoms with Crippen LogP contribution in [-0.2, 0) is 17.8 Å². The van der Waals surface area contributed by atoms with Gasteiger partial charge < -0.3 is 19.5 Å². The lowest BCUT2D eigenvalue weighted by molar-refractivity contribution is 0.0948. The molecule has 25 heavy (non-hydrogen) atoms. The highest BCUT2D eigenvalue weighted by Gasteiger charge is 2.11. The van der Waals surface area contributed by atoms with Crippen molar-refractivity contribution >= 4 is 16.9 Å². The number of H-pyrrole nitrogens is 1. The average Bonchev–Trinajstić information content (AvgIpc) is 3.15. The van der Waals surface area contributed by atoms with Crippen LogP contribution in [0.5, 0.6) is 0 Å². The molecule has 2 aromatic heterocycles. The summed E-state index contributed by atoms with van der Waals surface area (Å²) < 4.78 is 12.3. The molecule has 1 aromatic carbocycles. The summed E-state index contributed by atoms with van der Waals surface area (Å²) >= 11 is 0. The number of fused-ring (bicyclic) bond motifs is 1. The van der Waals surface area contributed by atoms with E-state index in [1.54, 1.807) is 22.8 Å². The van der Waals surface area contributed by atoms with Crippen molar-refractivity contribution in [2.75, 3.05) is 13.2 Å². The fourth-order valence-electron chi connectivity index (χ4n) is 2.68. The zero-order chi connectivity index (χ0) is 17.8. The van der Waals surface area contributed by atoms with E-state index in [-0.39, 0.29) is 11.6 Å². The van der Waals surface area contributed by atoms with Crippen LogP contribution in [0.15, 0.2) is 39.5 Å². The van der Waals surface area contributed by atoms with Gasteiger partial charge in [0.05, 0.1) is 30.7 Å². The van der Waals surface area contributed by atoms with Crippen LogP contribution in [-0.4, -0.2) is 28.7 Å². The minimum absolute atomic E-state index is 0.210. The average molecular weight is 343 g/mol. The molecule has 7 nitrogen and oxygen atoms in total. The lowest BCUT2D eigenvalue weighted by Gasteiger charge is -2.05. The quantitative estimate of drug-likeness (QED) is 0.644. The highest BCUT2D eigenvalue weighted by molar-refractivity contribution is 5.97. The third kappa shape index (κ3) is 3.83. The van der Waals surface area contributed by atoms with Crippen LogP contribution in [0.1, 0.15) is 28.8 Å². The normalized spacial score (nSPS) is 11.1. The largest absolute Gasteiger partial charge is 0.465 e. The van der Waals surface area contributed by atoms with Crippen LogP contribution in [0.25, 0.3) is 11.0 Å². The van der Waals surface area contributed by atoms with Crippen LogP contribution < -0.4 is 11.0 Å². The molecule has 132 valence electrons. The van der Waals surface area contributed by atoms with E-state index in [4.69, 9.17) is 9.15 Å². The molecule has 0 saturated carbocycles. The van der Waals surface area contributed by atoms with Gasteiger partial charge in [-0.05, 0) is 44.2 Å². The van der Waals surface area contributed by atoms with E-state index in [2.05, 4.69) is 10.3 Å². The highest BCUT2D eigenvalue weighted by Crippen LogP contribution is 2.13. The van der Waals surface area contributed by atoms with Crippen molar-refractivity contribution in [3.63, 3.8) is 0 Å². The van der Waals surface area contributed by atoms with Crippen molar-refractivity contribution < 1.29 is 13.9 Å². The summed E-state index contributed by atoms with van der Waals surface area (Å²) in [6, 6.07) is 8.83. The molecular formula is C18H21N3O4. The molecule has 0 aliphatic heterocycles. The van der Waals surface area contributed by atoms with Gasteiger partial charge in [0, 0.05) is 12.2 Å². The van der Waals surface area contributed by atoms with E-state index in [0.717, 1.165) is 11.3 Å². The molecule has 0 bridgehead atoms. The maximum atomic E-state index is 12.3. The topological polar surface area (TPSA) is 89.3 Å². The Morgan fingerprint density at radius 2 is 2.16 bits per heavy atom. The first-order chi connectivity index (χ1) is 12.1. The Bertz CT molecular complexity index is 935. The summed E-state index contributed by atoms with van der Waals surface area (Å²) in [5.74, 6) is 1.28. The fourth-order valence-corrected chi connectivity index (χ4v) is 2.68. The lowest BCUT2D eigenvalue weighted by atomic mass is 10.2. The highest BCUT2D eigenvalue weighted by atomic mass is 16.5. The van der Waals surface area contributed by atoms with Gasteiger partial charge in [0.25, 0.3) is 5.91 Å². The summed E-state index contributed by atoms with van der Waals surface area (Å²) in [5, 5.41) is 2.81. The van der Waals surface area contributed by atoms with Gasteiger partial charge in [-0.1, -0.05) is 0 Å². The zero-order valence-corrected chi connectivity index (χ0v) is 14.3. The number of aromatic nitrogens is 2. The van der Waals surface area contributed by atoms with Crippen LogP contribution in [0.2, 0.25) is 0 Å².